The van der Waals surface area contributed by atoms with Gasteiger partial charge in [-0.3, -0.25) is 9.59 Å². The van der Waals surface area contributed by atoms with Crippen molar-refractivity contribution < 1.29 is 14.3 Å². The molecule has 1 unspecified atom stereocenters. The van der Waals surface area contributed by atoms with Crippen molar-refractivity contribution in [2.45, 2.75) is 46.0 Å². The van der Waals surface area contributed by atoms with Gasteiger partial charge in [-0.25, -0.2) is 0 Å². The van der Waals surface area contributed by atoms with E-state index < -0.39 is 0 Å². The maximum absolute atomic E-state index is 11.9. The van der Waals surface area contributed by atoms with Crippen molar-refractivity contribution in [1.29, 1.82) is 0 Å². The second kappa shape index (κ2) is 4.87. The lowest BCUT2D eigenvalue weighted by Crippen LogP contribution is -2.30. The van der Waals surface area contributed by atoms with Gasteiger partial charge in [0.05, 0.1) is 7.11 Å². The van der Waals surface area contributed by atoms with E-state index in [2.05, 4.69) is 13.0 Å². The highest BCUT2D eigenvalue weighted by Gasteiger charge is 2.47. The van der Waals surface area contributed by atoms with Gasteiger partial charge in [0.1, 0.15) is 0 Å². The number of ketones is 1. The Morgan fingerprint density at radius 1 is 1.61 bits per heavy atom. The summed E-state index contributed by atoms with van der Waals surface area (Å²) >= 11 is 0. The molecule has 0 aromatic rings. The molecule has 3 nitrogen and oxygen atoms in total. The topological polar surface area (TPSA) is 43.4 Å². The van der Waals surface area contributed by atoms with Gasteiger partial charge in [0.25, 0.3) is 0 Å². The molecule has 0 heterocycles. The van der Waals surface area contributed by atoms with Gasteiger partial charge in [0, 0.05) is 12.3 Å². The number of hydrogen-bond donors (Lipinski definition) is 0. The third-order valence-electron chi connectivity index (χ3n) is 4.84. The molecule has 18 heavy (non-hydrogen) atoms. The van der Waals surface area contributed by atoms with Crippen molar-refractivity contribution in [2.24, 2.45) is 17.3 Å². The summed E-state index contributed by atoms with van der Waals surface area (Å²) in [5.41, 5.74) is 1.07. The average molecular weight is 250 g/mol. The quantitative estimate of drug-likeness (QED) is 0.720. The number of hydrogen-bond acceptors (Lipinski definition) is 3. The number of rotatable bonds is 4. The Balaban J connectivity index is 2.07. The summed E-state index contributed by atoms with van der Waals surface area (Å²) < 4.78 is 4.69. The predicted octanol–water partition coefficient (Wildman–Crippen LogP) is 2.89. The third kappa shape index (κ3) is 2.23. The summed E-state index contributed by atoms with van der Waals surface area (Å²) in [6, 6.07) is 0. The molecule has 100 valence electrons. The summed E-state index contributed by atoms with van der Waals surface area (Å²) in [7, 11) is 1.43. The first-order valence-corrected chi connectivity index (χ1v) is 6.79. The molecule has 0 aromatic heterocycles. The van der Waals surface area contributed by atoms with Crippen LogP contribution in [0.25, 0.3) is 0 Å². The Hall–Kier alpha value is -1.12. The van der Waals surface area contributed by atoms with Gasteiger partial charge in [0.2, 0.25) is 0 Å². The van der Waals surface area contributed by atoms with Crippen LogP contribution in [0.2, 0.25) is 0 Å². The lowest BCUT2D eigenvalue weighted by atomic mass is 9.68. The highest BCUT2D eigenvalue weighted by molar-refractivity contribution is 5.98. The second-order valence-corrected chi connectivity index (χ2v) is 5.88. The molecule has 0 aromatic carbocycles. The molecule has 1 saturated carbocycles. The Morgan fingerprint density at radius 2 is 2.33 bits per heavy atom. The number of esters is 1. The molecule has 2 rings (SSSR count). The van der Waals surface area contributed by atoms with Gasteiger partial charge < -0.3 is 4.74 Å². The van der Waals surface area contributed by atoms with Crippen LogP contribution in [0.4, 0.5) is 0 Å². The summed E-state index contributed by atoms with van der Waals surface area (Å²) in [5, 5.41) is 0. The molecule has 2 bridgehead atoms. The van der Waals surface area contributed by atoms with E-state index >= 15 is 0 Å². The molecule has 0 saturated heterocycles. The molecule has 0 amide bonds. The van der Waals surface area contributed by atoms with E-state index in [0.29, 0.717) is 18.1 Å². The molecule has 2 aliphatic rings. The van der Waals surface area contributed by atoms with E-state index in [1.54, 1.807) is 0 Å². The first-order chi connectivity index (χ1) is 8.48. The van der Waals surface area contributed by atoms with E-state index in [1.165, 1.54) is 7.11 Å². The number of methoxy groups -OCH3 is 1. The van der Waals surface area contributed by atoms with E-state index in [4.69, 9.17) is 4.74 Å². The van der Waals surface area contributed by atoms with Crippen molar-refractivity contribution in [2.75, 3.05) is 7.11 Å². The van der Waals surface area contributed by atoms with Crippen LogP contribution in [-0.2, 0) is 14.3 Å². The van der Waals surface area contributed by atoms with Crippen LogP contribution in [0.5, 0.6) is 0 Å². The fraction of sp³-hybridized carbons (Fsp3) is 0.733. The lowest BCUT2D eigenvalue weighted by molar-refractivity contribution is -0.141. The monoisotopic (exact) mass is 250 g/mol. The highest BCUT2D eigenvalue weighted by atomic mass is 16.5. The standard InChI is InChI=1S/C15H22O3/c1-10-8-15(7-6-12(9-15)14(10)17)11(2)4-5-13(16)18-3/h8,11-12H,4-7,9H2,1-3H3/t11?,12-,15+/m1/s1. The molecule has 0 N–H and O–H groups in total. The summed E-state index contributed by atoms with van der Waals surface area (Å²) in [4.78, 5) is 23.1. The molecule has 0 radical (unpaired) electrons. The molecule has 3 atom stereocenters. The lowest BCUT2D eigenvalue weighted by Gasteiger charge is -2.36. The van der Waals surface area contributed by atoms with Crippen molar-refractivity contribution in [3.8, 4) is 0 Å². The van der Waals surface area contributed by atoms with E-state index in [-0.39, 0.29) is 17.3 Å². The first-order valence-electron chi connectivity index (χ1n) is 6.79. The summed E-state index contributed by atoms with van der Waals surface area (Å²) in [6.45, 7) is 4.13. The Kier molecular flexibility index (Phi) is 3.60. The first kappa shape index (κ1) is 13.3. The molecular formula is C15H22O3. The number of carbonyl (C=O) groups excluding carboxylic acids is 2. The fourth-order valence-corrected chi connectivity index (χ4v) is 3.60. The van der Waals surface area contributed by atoms with Crippen molar-refractivity contribution in [3.63, 3.8) is 0 Å². The number of carbonyl (C=O) groups is 2. The number of allylic oxidation sites excluding steroid dienone is 2. The normalized spacial score (nSPS) is 32.1. The van der Waals surface area contributed by atoms with Gasteiger partial charge in [-0.15, -0.1) is 0 Å². The molecule has 2 aliphatic carbocycles. The SMILES string of the molecule is COC(=O)CCC(C)[C@]12C=C(C)C(=O)[C@H](CC1)C2. The maximum Gasteiger partial charge on any atom is 0.305 e. The molecule has 0 aliphatic heterocycles. The van der Waals surface area contributed by atoms with Crippen LogP contribution >= 0.6 is 0 Å². The largest absolute Gasteiger partial charge is 0.469 e. The zero-order chi connectivity index (χ0) is 13.3. The zero-order valence-electron chi connectivity index (χ0n) is 11.5. The molecule has 1 fully saturated rings. The highest BCUT2D eigenvalue weighted by Crippen LogP contribution is 2.53. The van der Waals surface area contributed by atoms with E-state index in [1.807, 2.05) is 6.92 Å². The van der Waals surface area contributed by atoms with Crippen molar-refractivity contribution in [3.05, 3.63) is 11.6 Å². The maximum atomic E-state index is 11.9. The van der Waals surface area contributed by atoms with Crippen molar-refractivity contribution in [1.82, 2.24) is 0 Å². The number of fused-ring (bicyclic) bond motifs is 2. The van der Waals surface area contributed by atoms with E-state index in [0.717, 1.165) is 31.3 Å². The minimum absolute atomic E-state index is 0.139. The van der Waals surface area contributed by atoms with Gasteiger partial charge in [0.15, 0.2) is 5.78 Å². The van der Waals surface area contributed by atoms with E-state index in [9.17, 15) is 9.59 Å². The minimum atomic E-state index is -0.139. The predicted molar refractivity (Wildman–Crippen MR) is 69.0 cm³/mol. The van der Waals surface area contributed by atoms with Crippen LogP contribution in [-0.4, -0.2) is 18.9 Å². The Morgan fingerprint density at radius 3 is 3.00 bits per heavy atom. The Labute approximate surface area is 109 Å². The third-order valence-corrected chi connectivity index (χ3v) is 4.84. The van der Waals surface area contributed by atoms with Crippen LogP contribution in [0.15, 0.2) is 11.6 Å². The number of ether oxygens (including phenoxy) is 1. The molecule has 0 spiro atoms. The minimum Gasteiger partial charge on any atom is -0.469 e. The van der Waals surface area contributed by atoms with Crippen LogP contribution in [0, 0.1) is 17.3 Å². The van der Waals surface area contributed by atoms with Crippen LogP contribution in [0.3, 0.4) is 0 Å². The van der Waals surface area contributed by atoms with Gasteiger partial charge >= 0.3 is 5.97 Å². The summed E-state index contributed by atoms with van der Waals surface area (Å²) in [6.07, 6.45) is 6.58. The smallest absolute Gasteiger partial charge is 0.305 e. The van der Waals surface area contributed by atoms with Gasteiger partial charge in [-0.05, 0) is 49.5 Å². The molecule has 3 heteroatoms. The second-order valence-electron chi connectivity index (χ2n) is 5.88. The van der Waals surface area contributed by atoms with Crippen LogP contribution in [0.1, 0.15) is 46.0 Å². The van der Waals surface area contributed by atoms with Crippen molar-refractivity contribution >= 4 is 11.8 Å². The number of Topliss-reactive ketones (excluding diaryl/α,β-unsaturated/α-hetero) is 1. The van der Waals surface area contributed by atoms with Gasteiger partial charge in [-0.1, -0.05) is 13.0 Å². The summed E-state index contributed by atoms with van der Waals surface area (Å²) in [5.74, 6) is 0.865. The van der Waals surface area contributed by atoms with Gasteiger partial charge in [-0.2, -0.15) is 0 Å². The molecular weight excluding hydrogens is 228 g/mol. The fourth-order valence-electron chi connectivity index (χ4n) is 3.60. The van der Waals surface area contributed by atoms with Crippen LogP contribution < -0.4 is 0 Å². The average Bonchev–Trinajstić information content (AvgIpc) is 2.74. The zero-order valence-corrected chi connectivity index (χ0v) is 11.5. The Bertz CT molecular complexity index is 397.